The predicted octanol–water partition coefficient (Wildman–Crippen LogP) is 3.40. The molecule has 2 aliphatic heterocycles. The Morgan fingerprint density at radius 2 is 1.75 bits per heavy atom. The van der Waals surface area contributed by atoms with Crippen molar-refractivity contribution in [1.82, 2.24) is 9.80 Å². The third-order valence-electron chi connectivity index (χ3n) is 5.75. The van der Waals surface area contributed by atoms with Crippen LogP contribution in [-0.4, -0.2) is 47.9 Å². The first-order valence-corrected chi connectivity index (χ1v) is 9.89. The van der Waals surface area contributed by atoms with Crippen LogP contribution in [0.1, 0.15) is 18.5 Å². The molecule has 0 saturated carbocycles. The van der Waals surface area contributed by atoms with Gasteiger partial charge in [0, 0.05) is 38.4 Å². The van der Waals surface area contributed by atoms with E-state index in [1.54, 1.807) is 19.1 Å². The molecule has 0 bridgehead atoms. The Morgan fingerprint density at radius 1 is 1.04 bits per heavy atom. The molecule has 146 valence electrons. The van der Waals surface area contributed by atoms with E-state index in [2.05, 4.69) is 12.1 Å². The molecule has 2 aromatic rings. The van der Waals surface area contributed by atoms with Crippen molar-refractivity contribution in [2.45, 2.75) is 13.0 Å². The molecule has 0 radical (unpaired) electrons. The first-order chi connectivity index (χ1) is 13.5. The molecule has 0 spiro atoms. The van der Waals surface area contributed by atoms with Crippen LogP contribution in [-0.2, 0) is 9.59 Å². The smallest absolute Gasteiger partial charge is 0.260 e. The van der Waals surface area contributed by atoms with Crippen LogP contribution in [0.4, 0.5) is 0 Å². The van der Waals surface area contributed by atoms with Crippen LogP contribution in [0.5, 0.6) is 5.75 Å². The second kappa shape index (κ2) is 7.84. The van der Waals surface area contributed by atoms with Gasteiger partial charge < -0.3 is 14.5 Å². The van der Waals surface area contributed by atoms with Gasteiger partial charge in [-0.25, -0.2) is 0 Å². The van der Waals surface area contributed by atoms with Crippen LogP contribution in [0.3, 0.4) is 0 Å². The Hall–Kier alpha value is -2.53. The highest BCUT2D eigenvalue weighted by molar-refractivity contribution is 6.32. The average Bonchev–Trinajstić information content (AvgIpc) is 3.26. The summed E-state index contributed by atoms with van der Waals surface area (Å²) in [6.45, 7) is 3.57. The number of halogens is 1. The monoisotopic (exact) mass is 398 g/mol. The van der Waals surface area contributed by atoms with Crippen LogP contribution >= 0.6 is 11.6 Å². The summed E-state index contributed by atoms with van der Waals surface area (Å²) in [4.78, 5) is 28.7. The number of amides is 2. The highest BCUT2D eigenvalue weighted by Crippen LogP contribution is 2.44. The number of rotatable bonds is 4. The van der Waals surface area contributed by atoms with Crippen molar-refractivity contribution < 1.29 is 14.3 Å². The number of carbonyl (C=O) groups is 2. The van der Waals surface area contributed by atoms with E-state index < -0.39 is 0 Å². The lowest BCUT2D eigenvalue weighted by atomic mass is 9.89. The SMILES string of the molecule is CC(=O)N1C[C@H]2CN(C(=O)COc3ccccc3Cl)C[C@H]2[C@@H]1c1ccccc1. The van der Waals surface area contributed by atoms with Crippen molar-refractivity contribution in [3.05, 3.63) is 65.2 Å². The van der Waals surface area contributed by atoms with E-state index in [-0.39, 0.29) is 30.4 Å². The first-order valence-electron chi connectivity index (χ1n) is 9.52. The van der Waals surface area contributed by atoms with Crippen LogP contribution in [0.25, 0.3) is 0 Å². The van der Waals surface area contributed by atoms with Crippen LogP contribution in [0.2, 0.25) is 5.02 Å². The molecule has 2 aromatic carbocycles. The molecular formula is C22H23ClN2O3. The largest absolute Gasteiger partial charge is 0.482 e. The minimum absolute atomic E-state index is 0.0194. The average molecular weight is 399 g/mol. The lowest BCUT2D eigenvalue weighted by Crippen LogP contribution is -2.38. The zero-order valence-electron chi connectivity index (χ0n) is 15.8. The maximum absolute atomic E-state index is 12.7. The number of hydrogen-bond acceptors (Lipinski definition) is 3. The van der Waals surface area contributed by atoms with Crippen LogP contribution in [0.15, 0.2) is 54.6 Å². The summed E-state index contributed by atoms with van der Waals surface area (Å²) < 4.78 is 5.62. The Kier molecular flexibility index (Phi) is 5.27. The van der Waals surface area contributed by atoms with E-state index in [1.165, 1.54) is 0 Å². The summed E-state index contributed by atoms with van der Waals surface area (Å²) in [5.41, 5.74) is 1.13. The van der Waals surface area contributed by atoms with Crippen molar-refractivity contribution in [2.24, 2.45) is 11.8 Å². The zero-order chi connectivity index (χ0) is 19.7. The Morgan fingerprint density at radius 3 is 2.46 bits per heavy atom. The maximum Gasteiger partial charge on any atom is 0.260 e. The number of fused-ring (bicyclic) bond motifs is 1. The van der Waals surface area contributed by atoms with Gasteiger partial charge in [-0.05, 0) is 17.7 Å². The summed E-state index contributed by atoms with van der Waals surface area (Å²) in [5, 5.41) is 0.495. The molecule has 3 atom stereocenters. The molecule has 2 amide bonds. The lowest BCUT2D eigenvalue weighted by molar-refractivity contribution is -0.133. The van der Waals surface area contributed by atoms with Gasteiger partial charge in [0.25, 0.3) is 5.91 Å². The maximum atomic E-state index is 12.7. The molecule has 0 aromatic heterocycles. The summed E-state index contributed by atoms with van der Waals surface area (Å²) in [6.07, 6.45) is 0. The molecule has 2 aliphatic rings. The molecular weight excluding hydrogens is 376 g/mol. The number of likely N-dealkylation sites (tertiary alicyclic amines) is 2. The molecule has 28 heavy (non-hydrogen) atoms. The fraction of sp³-hybridized carbons (Fsp3) is 0.364. The van der Waals surface area contributed by atoms with Gasteiger partial charge in [-0.15, -0.1) is 0 Å². The van der Waals surface area contributed by atoms with Gasteiger partial charge in [-0.2, -0.15) is 0 Å². The summed E-state index contributed by atoms with van der Waals surface area (Å²) >= 11 is 6.09. The molecule has 2 heterocycles. The Bertz CT molecular complexity index is 873. The zero-order valence-corrected chi connectivity index (χ0v) is 16.5. The van der Waals surface area contributed by atoms with Gasteiger partial charge in [0.05, 0.1) is 11.1 Å². The second-order valence-electron chi connectivity index (χ2n) is 7.47. The van der Waals surface area contributed by atoms with E-state index in [9.17, 15) is 9.59 Å². The van der Waals surface area contributed by atoms with E-state index >= 15 is 0 Å². The van der Waals surface area contributed by atoms with E-state index in [1.807, 2.05) is 40.1 Å². The highest BCUT2D eigenvalue weighted by Gasteiger charge is 2.49. The topological polar surface area (TPSA) is 49.9 Å². The molecule has 4 rings (SSSR count). The lowest BCUT2D eigenvalue weighted by Gasteiger charge is -2.29. The Balaban J connectivity index is 1.45. The number of hydrogen-bond donors (Lipinski definition) is 0. The van der Waals surface area contributed by atoms with Gasteiger partial charge >= 0.3 is 0 Å². The van der Waals surface area contributed by atoms with Crippen molar-refractivity contribution in [2.75, 3.05) is 26.2 Å². The fourth-order valence-electron chi connectivity index (χ4n) is 4.44. The van der Waals surface area contributed by atoms with Gasteiger partial charge in [-0.3, -0.25) is 9.59 Å². The number of carbonyl (C=O) groups excluding carboxylic acids is 2. The van der Waals surface area contributed by atoms with E-state index in [0.717, 1.165) is 5.56 Å². The van der Waals surface area contributed by atoms with Crippen LogP contribution in [0, 0.1) is 11.8 Å². The van der Waals surface area contributed by atoms with Gasteiger partial charge in [0.1, 0.15) is 5.75 Å². The number of nitrogens with zero attached hydrogens (tertiary/aromatic N) is 2. The van der Waals surface area contributed by atoms with Crippen molar-refractivity contribution in [3.8, 4) is 5.75 Å². The molecule has 0 N–H and O–H groups in total. The second-order valence-corrected chi connectivity index (χ2v) is 7.88. The summed E-state index contributed by atoms with van der Waals surface area (Å²) in [6, 6.07) is 17.3. The standard InChI is InChI=1S/C22H23ClN2O3/c1-15(26)25-12-17-11-24(13-18(17)22(25)16-7-3-2-4-8-16)21(27)14-28-20-10-6-5-9-19(20)23/h2-10,17-18,22H,11-14H2,1H3/t17-,18-,22+/m1/s1. The highest BCUT2D eigenvalue weighted by atomic mass is 35.5. The number of ether oxygens (including phenoxy) is 1. The van der Waals surface area contributed by atoms with Gasteiger partial charge in [0.15, 0.2) is 6.61 Å². The van der Waals surface area contributed by atoms with Crippen LogP contribution < -0.4 is 4.74 Å². The summed E-state index contributed by atoms with van der Waals surface area (Å²) in [5.74, 6) is 1.09. The fourth-order valence-corrected chi connectivity index (χ4v) is 4.63. The van der Waals surface area contributed by atoms with E-state index in [0.29, 0.717) is 36.3 Å². The minimum Gasteiger partial charge on any atom is -0.482 e. The predicted molar refractivity (Wildman–Crippen MR) is 107 cm³/mol. The number of benzene rings is 2. The van der Waals surface area contributed by atoms with Crippen molar-refractivity contribution >= 4 is 23.4 Å². The van der Waals surface area contributed by atoms with Gasteiger partial charge in [0.2, 0.25) is 5.91 Å². The normalized spacial score (nSPS) is 23.6. The molecule has 2 fully saturated rings. The third kappa shape index (κ3) is 3.59. The molecule has 0 aliphatic carbocycles. The summed E-state index contributed by atoms with van der Waals surface area (Å²) in [7, 11) is 0. The first kappa shape index (κ1) is 18.8. The quantitative estimate of drug-likeness (QED) is 0.793. The van der Waals surface area contributed by atoms with Gasteiger partial charge in [-0.1, -0.05) is 54.1 Å². The number of para-hydroxylation sites is 1. The molecule has 2 saturated heterocycles. The minimum atomic E-state index is -0.0458. The molecule has 0 unspecified atom stereocenters. The Labute approximate surface area is 169 Å². The van der Waals surface area contributed by atoms with Crippen molar-refractivity contribution in [3.63, 3.8) is 0 Å². The van der Waals surface area contributed by atoms with Crippen molar-refractivity contribution in [1.29, 1.82) is 0 Å². The molecule has 5 nitrogen and oxygen atoms in total. The van der Waals surface area contributed by atoms with E-state index in [4.69, 9.17) is 16.3 Å². The molecule has 6 heteroatoms. The third-order valence-corrected chi connectivity index (χ3v) is 6.06.